The van der Waals surface area contributed by atoms with Crippen molar-refractivity contribution in [2.75, 3.05) is 7.11 Å². The van der Waals surface area contributed by atoms with Crippen molar-refractivity contribution in [2.45, 2.75) is 13.5 Å². The number of esters is 1. The zero-order chi connectivity index (χ0) is 10.6. The smallest absolute Gasteiger partial charge is 0.302 e. The molecule has 0 amide bonds. The highest BCUT2D eigenvalue weighted by atomic mass is 19.1. The summed E-state index contributed by atoms with van der Waals surface area (Å²) in [5.41, 5.74) is 0.305. The molecular formula is C10H11FO3. The minimum absolute atomic E-state index is 0.0711. The summed E-state index contributed by atoms with van der Waals surface area (Å²) in [5.74, 6) is -0.312. The predicted molar refractivity (Wildman–Crippen MR) is 48.4 cm³/mol. The van der Waals surface area contributed by atoms with Crippen LogP contribution in [0.3, 0.4) is 0 Å². The first-order valence-corrected chi connectivity index (χ1v) is 4.09. The lowest BCUT2D eigenvalue weighted by molar-refractivity contribution is -0.142. The summed E-state index contributed by atoms with van der Waals surface area (Å²) >= 11 is 0. The van der Waals surface area contributed by atoms with Crippen LogP contribution in [0.4, 0.5) is 4.39 Å². The molecule has 0 heterocycles. The van der Waals surface area contributed by atoms with Crippen molar-refractivity contribution in [1.82, 2.24) is 0 Å². The number of benzene rings is 1. The van der Waals surface area contributed by atoms with Gasteiger partial charge in [-0.15, -0.1) is 0 Å². The second-order valence-corrected chi connectivity index (χ2v) is 2.74. The molecule has 0 bridgehead atoms. The Morgan fingerprint density at radius 1 is 1.50 bits per heavy atom. The van der Waals surface area contributed by atoms with E-state index in [1.807, 2.05) is 0 Å². The summed E-state index contributed by atoms with van der Waals surface area (Å²) in [7, 11) is 1.49. The molecule has 4 heteroatoms. The van der Waals surface area contributed by atoms with Crippen molar-refractivity contribution in [3.05, 3.63) is 29.6 Å². The van der Waals surface area contributed by atoms with E-state index < -0.39 is 11.8 Å². The van der Waals surface area contributed by atoms with Gasteiger partial charge in [-0.05, 0) is 18.2 Å². The van der Waals surface area contributed by atoms with Gasteiger partial charge in [0.15, 0.2) is 0 Å². The molecule has 0 aromatic heterocycles. The van der Waals surface area contributed by atoms with E-state index in [0.717, 1.165) is 0 Å². The fourth-order valence-electron chi connectivity index (χ4n) is 0.968. The van der Waals surface area contributed by atoms with Crippen molar-refractivity contribution in [2.24, 2.45) is 0 Å². The first-order chi connectivity index (χ1) is 6.63. The number of hydrogen-bond donors (Lipinski definition) is 0. The van der Waals surface area contributed by atoms with E-state index in [1.54, 1.807) is 0 Å². The minimum Gasteiger partial charge on any atom is -0.497 e. The Hall–Kier alpha value is -1.58. The number of rotatable bonds is 3. The van der Waals surface area contributed by atoms with Crippen LogP contribution in [0, 0.1) is 5.82 Å². The Morgan fingerprint density at radius 3 is 2.79 bits per heavy atom. The topological polar surface area (TPSA) is 35.5 Å². The van der Waals surface area contributed by atoms with Gasteiger partial charge >= 0.3 is 5.97 Å². The molecule has 0 aliphatic heterocycles. The predicted octanol–water partition coefficient (Wildman–Crippen LogP) is 1.90. The van der Waals surface area contributed by atoms with Gasteiger partial charge in [-0.1, -0.05) is 0 Å². The number of methoxy groups -OCH3 is 1. The zero-order valence-corrected chi connectivity index (χ0v) is 8.04. The molecule has 3 nitrogen and oxygen atoms in total. The van der Waals surface area contributed by atoms with Gasteiger partial charge in [0.05, 0.1) is 7.11 Å². The number of hydrogen-bond acceptors (Lipinski definition) is 3. The van der Waals surface area contributed by atoms with Gasteiger partial charge in [0, 0.05) is 12.5 Å². The third-order valence-corrected chi connectivity index (χ3v) is 1.68. The van der Waals surface area contributed by atoms with E-state index in [1.165, 1.54) is 32.2 Å². The van der Waals surface area contributed by atoms with Crippen LogP contribution in [0.15, 0.2) is 18.2 Å². The van der Waals surface area contributed by atoms with Crippen molar-refractivity contribution in [3.8, 4) is 5.75 Å². The van der Waals surface area contributed by atoms with Crippen molar-refractivity contribution in [1.29, 1.82) is 0 Å². The Bertz CT molecular complexity index is 336. The molecule has 0 N–H and O–H groups in total. The molecule has 0 aliphatic rings. The lowest BCUT2D eigenvalue weighted by Gasteiger charge is -2.05. The lowest BCUT2D eigenvalue weighted by atomic mass is 10.2. The molecule has 76 valence electrons. The SMILES string of the molecule is COc1ccc(F)c(COC(C)=O)c1. The third-order valence-electron chi connectivity index (χ3n) is 1.68. The van der Waals surface area contributed by atoms with Crippen LogP contribution < -0.4 is 4.74 Å². The highest BCUT2D eigenvalue weighted by Crippen LogP contribution is 2.17. The molecule has 0 saturated heterocycles. The normalized spacial score (nSPS) is 9.64. The van der Waals surface area contributed by atoms with Gasteiger partial charge in [-0.3, -0.25) is 4.79 Å². The van der Waals surface area contributed by atoms with E-state index in [4.69, 9.17) is 4.74 Å². The average molecular weight is 198 g/mol. The maximum atomic E-state index is 13.1. The van der Waals surface area contributed by atoms with E-state index >= 15 is 0 Å². The van der Waals surface area contributed by atoms with E-state index in [9.17, 15) is 9.18 Å². The third kappa shape index (κ3) is 2.73. The van der Waals surface area contributed by atoms with E-state index in [2.05, 4.69) is 4.74 Å². The highest BCUT2D eigenvalue weighted by Gasteiger charge is 2.05. The minimum atomic E-state index is -0.438. The van der Waals surface area contributed by atoms with Crippen molar-refractivity contribution < 1.29 is 18.7 Å². The summed E-state index contributed by atoms with van der Waals surface area (Å²) in [6.45, 7) is 1.20. The molecule has 0 saturated carbocycles. The maximum Gasteiger partial charge on any atom is 0.302 e. The summed E-state index contributed by atoms with van der Waals surface area (Å²) in [6, 6.07) is 4.28. The molecule has 0 atom stereocenters. The fourth-order valence-corrected chi connectivity index (χ4v) is 0.968. The summed E-state index contributed by atoms with van der Waals surface area (Å²) in [5, 5.41) is 0. The Labute approximate surface area is 81.4 Å². The Balaban J connectivity index is 2.78. The number of carbonyl (C=O) groups excluding carboxylic acids is 1. The number of ether oxygens (including phenoxy) is 2. The molecule has 0 fully saturated rings. The second-order valence-electron chi connectivity index (χ2n) is 2.74. The van der Waals surface area contributed by atoms with Crippen LogP contribution in [-0.4, -0.2) is 13.1 Å². The Kier molecular flexibility index (Phi) is 3.45. The van der Waals surface area contributed by atoms with Gasteiger partial charge in [0.2, 0.25) is 0 Å². The van der Waals surface area contributed by atoms with E-state index in [-0.39, 0.29) is 6.61 Å². The Morgan fingerprint density at radius 2 is 2.21 bits per heavy atom. The summed E-state index contributed by atoms with van der Waals surface area (Å²) < 4.78 is 22.7. The fraction of sp³-hybridized carbons (Fsp3) is 0.300. The average Bonchev–Trinajstić information content (AvgIpc) is 2.16. The van der Waals surface area contributed by atoms with Crippen LogP contribution in [0.5, 0.6) is 5.75 Å². The van der Waals surface area contributed by atoms with E-state index in [0.29, 0.717) is 11.3 Å². The van der Waals surface area contributed by atoms with Crippen LogP contribution in [0.2, 0.25) is 0 Å². The van der Waals surface area contributed by atoms with Crippen molar-refractivity contribution >= 4 is 5.97 Å². The molecule has 1 rings (SSSR count). The highest BCUT2D eigenvalue weighted by molar-refractivity contribution is 5.65. The van der Waals surface area contributed by atoms with Gasteiger partial charge in [-0.25, -0.2) is 4.39 Å². The molecular weight excluding hydrogens is 187 g/mol. The summed E-state index contributed by atoms with van der Waals surface area (Å²) in [4.78, 5) is 10.5. The molecule has 1 aromatic rings. The van der Waals surface area contributed by atoms with Crippen LogP contribution >= 0.6 is 0 Å². The molecule has 1 aromatic carbocycles. The first-order valence-electron chi connectivity index (χ1n) is 4.09. The molecule has 0 unspecified atom stereocenters. The number of halogens is 1. The number of carbonyl (C=O) groups is 1. The largest absolute Gasteiger partial charge is 0.497 e. The lowest BCUT2D eigenvalue weighted by Crippen LogP contribution is -2.01. The van der Waals surface area contributed by atoms with Gasteiger partial charge in [-0.2, -0.15) is 0 Å². The molecule has 0 aliphatic carbocycles. The van der Waals surface area contributed by atoms with Gasteiger partial charge < -0.3 is 9.47 Å². The maximum absolute atomic E-state index is 13.1. The zero-order valence-electron chi connectivity index (χ0n) is 8.04. The van der Waals surface area contributed by atoms with Crippen molar-refractivity contribution in [3.63, 3.8) is 0 Å². The quantitative estimate of drug-likeness (QED) is 0.696. The monoisotopic (exact) mass is 198 g/mol. The first kappa shape index (κ1) is 10.5. The molecule has 0 radical (unpaired) electrons. The summed E-state index contributed by atoms with van der Waals surface area (Å²) in [6.07, 6.45) is 0. The molecule has 14 heavy (non-hydrogen) atoms. The van der Waals surface area contributed by atoms with Gasteiger partial charge in [0.25, 0.3) is 0 Å². The van der Waals surface area contributed by atoms with Crippen LogP contribution in [0.1, 0.15) is 12.5 Å². The van der Waals surface area contributed by atoms with Gasteiger partial charge in [0.1, 0.15) is 18.2 Å². The van der Waals surface area contributed by atoms with Crippen LogP contribution in [0.25, 0.3) is 0 Å². The standard InChI is InChI=1S/C10H11FO3/c1-7(12)14-6-8-5-9(13-2)3-4-10(8)11/h3-5H,6H2,1-2H3. The second kappa shape index (κ2) is 4.60. The molecule has 0 spiro atoms. The van der Waals surface area contributed by atoms with Crippen LogP contribution in [-0.2, 0) is 16.1 Å².